The van der Waals surface area contributed by atoms with Crippen molar-refractivity contribution in [1.29, 1.82) is 0 Å². The van der Waals surface area contributed by atoms with Crippen molar-refractivity contribution in [2.24, 2.45) is 0 Å². The molecule has 1 heterocycles. The number of carbonyl (C=O) groups excluding carboxylic acids is 1. The molecular formula is C18H16F3NO2. The van der Waals surface area contributed by atoms with Crippen molar-refractivity contribution in [3.8, 4) is 0 Å². The van der Waals surface area contributed by atoms with Crippen molar-refractivity contribution in [1.82, 2.24) is 4.90 Å². The quantitative estimate of drug-likeness (QED) is 0.635. The van der Waals surface area contributed by atoms with Crippen LogP contribution < -0.4 is 0 Å². The fraction of sp³-hybridized carbons (Fsp3) is 0.278. The summed E-state index contributed by atoms with van der Waals surface area (Å²) in [6, 6.07) is 8.31. The molecule has 0 amide bonds. The molecule has 0 unspecified atom stereocenters. The van der Waals surface area contributed by atoms with Crippen LogP contribution in [-0.4, -0.2) is 37.0 Å². The van der Waals surface area contributed by atoms with E-state index >= 15 is 0 Å². The molecule has 1 fully saturated rings. The fourth-order valence-electron chi connectivity index (χ4n) is 2.68. The highest BCUT2D eigenvalue weighted by molar-refractivity contribution is 6.09. The van der Waals surface area contributed by atoms with Crippen molar-refractivity contribution < 1.29 is 22.7 Å². The molecule has 1 aliphatic rings. The van der Waals surface area contributed by atoms with Crippen LogP contribution in [0.25, 0.3) is 0 Å². The maximum atomic E-state index is 13.3. The molecule has 24 heavy (non-hydrogen) atoms. The van der Waals surface area contributed by atoms with Gasteiger partial charge in [-0.15, -0.1) is 0 Å². The first-order valence-corrected chi connectivity index (χ1v) is 7.63. The fourth-order valence-corrected chi connectivity index (χ4v) is 2.68. The molecule has 3 nitrogen and oxygen atoms in total. The molecule has 2 aromatic rings. The van der Waals surface area contributed by atoms with E-state index in [-0.39, 0.29) is 5.56 Å². The minimum atomic E-state index is -1.58. The van der Waals surface area contributed by atoms with Gasteiger partial charge in [0.15, 0.2) is 23.2 Å². The molecule has 1 aliphatic heterocycles. The highest BCUT2D eigenvalue weighted by Crippen LogP contribution is 2.18. The largest absolute Gasteiger partial charge is 0.379 e. The number of rotatable bonds is 4. The Labute approximate surface area is 137 Å². The molecular weight excluding hydrogens is 319 g/mol. The average Bonchev–Trinajstić information content (AvgIpc) is 2.59. The van der Waals surface area contributed by atoms with Gasteiger partial charge >= 0.3 is 0 Å². The summed E-state index contributed by atoms with van der Waals surface area (Å²) in [7, 11) is 0. The highest BCUT2D eigenvalue weighted by Gasteiger charge is 2.17. The highest BCUT2D eigenvalue weighted by atomic mass is 19.2. The smallest absolute Gasteiger partial charge is 0.194 e. The minimum Gasteiger partial charge on any atom is -0.379 e. The van der Waals surface area contributed by atoms with Gasteiger partial charge in [0, 0.05) is 30.8 Å². The summed E-state index contributed by atoms with van der Waals surface area (Å²) in [6.07, 6.45) is 0. The first kappa shape index (κ1) is 16.7. The van der Waals surface area contributed by atoms with E-state index in [9.17, 15) is 18.0 Å². The number of nitrogens with zero attached hydrogens (tertiary/aromatic N) is 1. The lowest BCUT2D eigenvalue weighted by molar-refractivity contribution is 0.0342. The lowest BCUT2D eigenvalue weighted by Crippen LogP contribution is -2.35. The van der Waals surface area contributed by atoms with Crippen LogP contribution >= 0.6 is 0 Å². The Morgan fingerprint density at radius 1 is 1.00 bits per heavy atom. The van der Waals surface area contributed by atoms with E-state index in [4.69, 9.17) is 4.74 Å². The number of hydrogen-bond donors (Lipinski definition) is 0. The standard InChI is InChI=1S/C18H16F3NO2/c19-15-9-14(10-16(20)17(15)21)18(23)13-3-1-2-12(8-13)11-22-4-6-24-7-5-22/h1-3,8-10H,4-7,11H2. The first-order chi connectivity index (χ1) is 11.5. The van der Waals surface area contributed by atoms with Crippen LogP contribution in [0.3, 0.4) is 0 Å². The number of carbonyl (C=O) groups is 1. The third-order valence-electron chi connectivity index (χ3n) is 3.95. The van der Waals surface area contributed by atoms with Gasteiger partial charge in [0.2, 0.25) is 0 Å². The van der Waals surface area contributed by atoms with E-state index in [0.717, 1.165) is 30.8 Å². The molecule has 1 saturated heterocycles. The second kappa shape index (κ2) is 7.15. The molecule has 0 bridgehead atoms. The predicted molar refractivity (Wildman–Crippen MR) is 82.3 cm³/mol. The van der Waals surface area contributed by atoms with Gasteiger partial charge in [0.1, 0.15) is 0 Å². The molecule has 0 spiro atoms. The Kier molecular flexibility index (Phi) is 4.97. The van der Waals surface area contributed by atoms with Crippen molar-refractivity contribution in [3.63, 3.8) is 0 Å². The Morgan fingerprint density at radius 2 is 1.67 bits per heavy atom. The van der Waals surface area contributed by atoms with Gasteiger partial charge in [-0.2, -0.15) is 0 Å². The van der Waals surface area contributed by atoms with Crippen molar-refractivity contribution >= 4 is 5.78 Å². The lowest BCUT2D eigenvalue weighted by atomic mass is 10.0. The minimum absolute atomic E-state index is 0.213. The van der Waals surface area contributed by atoms with Gasteiger partial charge in [-0.05, 0) is 23.8 Å². The van der Waals surface area contributed by atoms with E-state index in [1.807, 2.05) is 6.07 Å². The first-order valence-electron chi connectivity index (χ1n) is 7.63. The lowest BCUT2D eigenvalue weighted by Gasteiger charge is -2.26. The van der Waals surface area contributed by atoms with Crippen LogP contribution in [0.4, 0.5) is 13.2 Å². The molecule has 0 aromatic heterocycles. The summed E-state index contributed by atoms with van der Waals surface area (Å²) in [6.45, 7) is 3.63. The summed E-state index contributed by atoms with van der Waals surface area (Å²) in [5, 5.41) is 0. The number of ketones is 1. The summed E-state index contributed by atoms with van der Waals surface area (Å²) in [5.74, 6) is -4.87. The Bertz CT molecular complexity index is 735. The normalized spacial score (nSPS) is 15.5. The molecule has 3 rings (SSSR count). The van der Waals surface area contributed by atoms with Gasteiger partial charge in [-0.3, -0.25) is 9.69 Å². The van der Waals surface area contributed by atoms with Crippen LogP contribution in [0.1, 0.15) is 21.5 Å². The van der Waals surface area contributed by atoms with Crippen molar-refractivity contribution in [3.05, 3.63) is 70.5 Å². The summed E-state index contributed by atoms with van der Waals surface area (Å²) >= 11 is 0. The number of morpholine rings is 1. The predicted octanol–water partition coefficient (Wildman–Crippen LogP) is 3.17. The summed E-state index contributed by atoms with van der Waals surface area (Å²) < 4.78 is 45.0. The number of benzene rings is 2. The van der Waals surface area contributed by atoms with E-state index < -0.39 is 23.2 Å². The van der Waals surface area contributed by atoms with E-state index in [0.29, 0.717) is 25.3 Å². The van der Waals surface area contributed by atoms with Crippen LogP contribution in [0.15, 0.2) is 36.4 Å². The number of halogens is 3. The number of hydrogen-bond acceptors (Lipinski definition) is 3. The van der Waals surface area contributed by atoms with Crippen LogP contribution in [0.2, 0.25) is 0 Å². The van der Waals surface area contributed by atoms with E-state index in [1.54, 1.807) is 18.2 Å². The Balaban J connectivity index is 1.81. The summed E-state index contributed by atoms with van der Waals surface area (Å²) in [4.78, 5) is 14.6. The number of ether oxygens (including phenoxy) is 1. The SMILES string of the molecule is O=C(c1cccc(CN2CCOCC2)c1)c1cc(F)c(F)c(F)c1. The zero-order chi connectivity index (χ0) is 17.1. The molecule has 0 N–H and O–H groups in total. The second-order valence-electron chi connectivity index (χ2n) is 5.67. The molecule has 0 atom stereocenters. The second-order valence-corrected chi connectivity index (χ2v) is 5.67. The van der Waals surface area contributed by atoms with Crippen LogP contribution in [-0.2, 0) is 11.3 Å². The van der Waals surface area contributed by atoms with Crippen LogP contribution in [0.5, 0.6) is 0 Å². The molecule has 126 valence electrons. The molecule has 0 saturated carbocycles. The average molecular weight is 335 g/mol. The zero-order valence-corrected chi connectivity index (χ0v) is 12.9. The zero-order valence-electron chi connectivity index (χ0n) is 12.9. The molecule has 6 heteroatoms. The van der Waals surface area contributed by atoms with Crippen molar-refractivity contribution in [2.75, 3.05) is 26.3 Å². The third kappa shape index (κ3) is 3.66. The molecule has 2 aromatic carbocycles. The van der Waals surface area contributed by atoms with Crippen LogP contribution in [0, 0.1) is 17.5 Å². The van der Waals surface area contributed by atoms with Gasteiger partial charge in [-0.1, -0.05) is 18.2 Å². The topological polar surface area (TPSA) is 29.5 Å². The van der Waals surface area contributed by atoms with E-state index in [1.165, 1.54) is 0 Å². The molecule has 0 aliphatic carbocycles. The van der Waals surface area contributed by atoms with E-state index in [2.05, 4.69) is 4.90 Å². The summed E-state index contributed by atoms with van der Waals surface area (Å²) in [5.41, 5.74) is 1.02. The third-order valence-corrected chi connectivity index (χ3v) is 3.95. The molecule has 0 radical (unpaired) electrons. The Hall–Kier alpha value is -2.18. The maximum Gasteiger partial charge on any atom is 0.194 e. The van der Waals surface area contributed by atoms with Gasteiger partial charge < -0.3 is 4.74 Å². The van der Waals surface area contributed by atoms with Gasteiger partial charge in [0.05, 0.1) is 13.2 Å². The van der Waals surface area contributed by atoms with Gasteiger partial charge in [0.25, 0.3) is 0 Å². The Morgan fingerprint density at radius 3 is 2.33 bits per heavy atom. The maximum absolute atomic E-state index is 13.3. The van der Waals surface area contributed by atoms with Gasteiger partial charge in [-0.25, -0.2) is 13.2 Å². The monoisotopic (exact) mass is 335 g/mol. The van der Waals surface area contributed by atoms with Crippen molar-refractivity contribution in [2.45, 2.75) is 6.54 Å².